The summed E-state index contributed by atoms with van der Waals surface area (Å²) in [5.74, 6) is 0.985. The predicted molar refractivity (Wildman–Crippen MR) is 79.8 cm³/mol. The van der Waals surface area contributed by atoms with Crippen molar-refractivity contribution >= 4 is 27.5 Å². The van der Waals surface area contributed by atoms with Crippen LogP contribution >= 0.6 is 11.8 Å². The second kappa shape index (κ2) is 7.23. The molecular weight excluding hydrogens is 314 g/mol. The summed E-state index contributed by atoms with van der Waals surface area (Å²) < 4.78 is 22.8. The third-order valence-electron chi connectivity index (χ3n) is 3.29. The molecule has 1 saturated heterocycles. The fourth-order valence-electron chi connectivity index (χ4n) is 2.14. The van der Waals surface area contributed by atoms with Crippen LogP contribution in [0.2, 0.25) is 0 Å². The standard InChI is InChI=1S/C11H19N5O3S2/c1-16(9-2-5-21(18,19)8-9)7-10(17)12-3-4-20-11-6-13-15-14-11/h6,9H,2-5,7-8H2,1H3,(H,12,17)(H,13,14,15). The number of aromatic amines is 1. The summed E-state index contributed by atoms with van der Waals surface area (Å²) in [6, 6.07) is -0.0507. The Hall–Kier alpha value is -1.13. The molecule has 0 saturated carbocycles. The number of aromatic nitrogens is 3. The Morgan fingerprint density at radius 1 is 1.62 bits per heavy atom. The van der Waals surface area contributed by atoms with Crippen molar-refractivity contribution < 1.29 is 13.2 Å². The number of likely N-dealkylation sites (N-methyl/N-ethyl adjacent to an activating group) is 1. The lowest BCUT2D eigenvalue weighted by molar-refractivity contribution is -0.122. The molecule has 0 bridgehead atoms. The van der Waals surface area contributed by atoms with Crippen molar-refractivity contribution in [3.8, 4) is 0 Å². The van der Waals surface area contributed by atoms with Crippen molar-refractivity contribution in [2.45, 2.75) is 17.5 Å². The topological polar surface area (TPSA) is 108 Å². The van der Waals surface area contributed by atoms with Crippen molar-refractivity contribution in [1.82, 2.24) is 25.6 Å². The van der Waals surface area contributed by atoms with Crippen LogP contribution in [0.15, 0.2) is 11.2 Å². The van der Waals surface area contributed by atoms with Crippen LogP contribution in [-0.2, 0) is 14.6 Å². The molecule has 1 atom stereocenters. The number of rotatable bonds is 7. The number of thioether (sulfide) groups is 1. The molecule has 118 valence electrons. The molecule has 0 spiro atoms. The molecule has 0 aliphatic carbocycles. The first-order valence-corrected chi connectivity index (χ1v) is 9.43. The Bertz CT molecular complexity index is 560. The van der Waals surface area contributed by atoms with Gasteiger partial charge in [0.05, 0.1) is 24.2 Å². The van der Waals surface area contributed by atoms with Gasteiger partial charge in [-0.1, -0.05) is 0 Å². The Morgan fingerprint density at radius 3 is 3.05 bits per heavy atom. The molecule has 1 aromatic rings. The zero-order valence-corrected chi connectivity index (χ0v) is 13.4. The molecule has 10 heteroatoms. The quantitative estimate of drug-likeness (QED) is 0.493. The predicted octanol–water partition coefficient (Wildman–Crippen LogP) is -0.868. The SMILES string of the molecule is CN(CC(=O)NCCSc1cn[nH]n1)C1CCS(=O)(=O)C1. The summed E-state index contributed by atoms with van der Waals surface area (Å²) in [5.41, 5.74) is 0. The summed E-state index contributed by atoms with van der Waals surface area (Å²) in [4.78, 5) is 13.6. The monoisotopic (exact) mass is 333 g/mol. The van der Waals surface area contributed by atoms with E-state index in [-0.39, 0.29) is 30.0 Å². The largest absolute Gasteiger partial charge is 0.354 e. The second-order valence-electron chi connectivity index (χ2n) is 4.98. The third kappa shape index (κ3) is 5.29. The summed E-state index contributed by atoms with van der Waals surface area (Å²) >= 11 is 1.50. The minimum Gasteiger partial charge on any atom is -0.354 e. The van der Waals surface area contributed by atoms with Gasteiger partial charge in [-0.2, -0.15) is 10.3 Å². The molecule has 2 rings (SSSR count). The molecule has 8 nitrogen and oxygen atoms in total. The van der Waals surface area contributed by atoms with Gasteiger partial charge in [-0.05, 0) is 13.5 Å². The van der Waals surface area contributed by atoms with Gasteiger partial charge in [0.15, 0.2) is 9.84 Å². The number of nitrogens with zero attached hydrogens (tertiary/aromatic N) is 3. The van der Waals surface area contributed by atoms with Crippen molar-refractivity contribution in [2.24, 2.45) is 0 Å². The van der Waals surface area contributed by atoms with Crippen LogP contribution in [0.3, 0.4) is 0 Å². The van der Waals surface area contributed by atoms with Gasteiger partial charge in [0.25, 0.3) is 0 Å². The minimum atomic E-state index is -2.91. The summed E-state index contributed by atoms with van der Waals surface area (Å²) in [7, 11) is -1.13. The van der Waals surface area contributed by atoms with Gasteiger partial charge in [0, 0.05) is 18.3 Å². The lowest BCUT2D eigenvalue weighted by atomic mass is 10.2. The third-order valence-corrected chi connectivity index (χ3v) is 5.94. The van der Waals surface area contributed by atoms with E-state index >= 15 is 0 Å². The molecule has 1 fully saturated rings. The maximum atomic E-state index is 11.8. The molecule has 1 unspecified atom stereocenters. The molecule has 1 aliphatic heterocycles. The fourth-order valence-corrected chi connectivity index (χ4v) is 4.59. The molecule has 1 aliphatic rings. The Morgan fingerprint density at radius 2 is 2.43 bits per heavy atom. The van der Waals surface area contributed by atoms with E-state index in [1.54, 1.807) is 13.2 Å². The summed E-state index contributed by atoms with van der Waals surface area (Å²) in [5, 5.41) is 13.7. The minimum absolute atomic E-state index is 0.0507. The first-order chi connectivity index (χ1) is 9.96. The molecule has 2 heterocycles. The summed E-state index contributed by atoms with van der Waals surface area (Å²) in [6.45, 7) is 0.752. The van der Waals surface area contributed by atoms with Gasteiger partial charge in [0.2, 0.25) is 5.91 Å². The van der Waals surface area contributed by atoms with Crippen molar-refractivity contribution in [2.75, 3.05) is 37.4 Å². The van der Waals surface area contributed by atoms with Gasteiger partial charge in [0.1, 0.15) is 5.03 Å². The van der Waals surface area contributed by atoms with E-state index < -0.39 is 9.84 Å². The zero-order valence-electron chi connectivity index (χ0n) is 11.8. The van der Waals surface area contributed by atoms with Crippen molar-refractivity contribution in [1.29, 1.82) is 0 Å². The number of carbonyl (C=O) groups is 1. The van der Waals surface area contributed by atoms with E-state index in [0.717, 1.165) is 5.03 Å². The van der Waals surface area contributed by atoms with E-state index in [0.29, 0.717) is 18.7 Å². The van der Waals surface area contributed by atoms with Crippen LogP contribution in [-0.4, -0.2) is 78.1 Å². The second-order valence-corrected chi connectivity index (χ2v) is 8.32. The van der Waals surface area contributed by atoms with Gasteiger partial charge >= 0.3 is 0 Å². The number of hydrogen-bond donors (Lipinski definition) is 2. The first kappa shape index (κ1) is 16.2. The highest BCUT2D eigenvalue weighted by atomic mass is 32.2. The number of sulfone groups is 1. The highest BCUT2D eigenvalue weighted by Gasteiger charge is 2.31. The van der Waals surface area contributed by atoms with Crippen molar-refractivity contribution in [3.63, 3.8) is 0 Å². The highest BCUT2D eigenvalue weighted by Crippen LogP contribution is 2.16. The van der Waals surface area contributed by atoms with Crippen LogP contribution in [0, 0.1) is 0 Å². The molecule has 2 N–H and O–H groups in total. The number of H-pyrrole nitrogens is 1. The smallest absolute Gasteiger partial charge is 0.234 e. The summed E-state index contributed by atoms with van der Waals surface area (Å²) in [6.07, 6.45) is 2.23. The molecule has 0 radical (unpaired) electrons. The normalized spacial score (nSPS) is 20.8. The average Bonchev–Trinajstić information content (AvgIpc) is 3.04. The first-order valence-electron chi connectivity index (χ1n) is 6.62. The van der Waals surface area contributed by atoms with E-state index in [4.69, 9.17) is 0 Å². The number of nitrogens with one attached hydrogen (secondary N) is 2. The van der Waals surface area contributed by atoms with Crippen LogP contribution in [0.4, 0.5) is 0 Å². The van der Waals surface area contributed by atoms with Crippen LogP contribution < -0.4 is 5.32 Å². The van der Waals surface area contributed by atoms with Crippen LogP contribution in [0.1, 0.15) is 6.42 Å². The van der Waals surface area contributed by atoms with Crippen LogP contribution in [0.5, 0.6) is 0 Å². The Labute approximate surface area is 128 Å². The van der Waals surface area contributed by atoms with E-state index in [1.165, 1.54) is 11.8 Å². The van der Waals surface area contributed by atoms with Gasteiger partial charge in [-0.25, -0.2) is 8.42 Å². The Balaban J connectivity index is 1.63. The highest BCUT2D eigenvalue weighted by molar-refractivity contribution is 7.99. The fraction of sp³-hybridized carbons (Fsp3) is 0.727. The molecule has 0 aromatic carbocycles. The number of amides is 1. The van der Waals surface area contributed by atoms with Gasteiger partial charge < -0.3 is 5.32 Å². The molecule has 21 heavy (non-hydrogen) atoms. The number of carbonyl (C=O) groups excluding carboxylic acids is 1. The lowest BCUT2D eigenvalue weighted by Crippen LogP contribution is -2.41. The lowest BCUT2D eigenvalue weighted by Gasteiger charge is -2.22. The molecule has 1 aromatic heterocycles. The van der Waals surface area contributed by atoms with E-state index in [2.05, 4.69) is 20.7 Å². The van der Waals surface area contributed by atoms with Crippen LogP contribution in [0.25, 0.3) is 0 Å². The molecule has 1 amide bonds. The number of hydrogen-bond acceptors (Lipinski definition) is 7. The maximum Gasteiger partial charge on any atom is 0.234 e. The average molecular weight is 333 g/mol. The Kier molecular flexibility index (Phi) is 5.59. The zero-order chi connectivity index (χ0) is 15.3. The molecular formula is C11H19N5O3S2. The van der Waals surface area contributed by atoms with Gasteiger partial charge in [-0.15, -0.1) is 16.9 Å². The van der Waals surface area contributed by atoms with E-state index in [9.17, 15) is 13.2 Å². The maximum absolute atomic E-state index is 11.8. The van der Waals surface area contributed by atoms with E-state index in [1.807, 2.05) is 4.90 Å². The van der Waals surface area contributed by atoms with Gasteiger partial charge in [-0.3, -0.25) is 9.69 Å². The van der Waals surface area contributed by atoms with Crippen molar-refractivity contribution in [3.05, 3.63) is 6.20 Å².